The molecule has 1 aromatic rings. The van der Waals surface area contributed by atoms with Gasteiger partial charge in [0.15, 0.2) is 5.96 Å². The maximum Gasteiger partial charge on any atom is 0.222 e. The lowest BCUT2D eigenvalue weighted by Gasteiger charge is -2.13. The number of hydrogen-bond acceptors (Lipinski definition) is 4. The summed E-state index contributed by atoms with van der Waals surface area (Å²) in [7, 11) is 1.64. The van der Waals surface area contributed by atoms with Crippen LogP contribution in [0.5, 0.6) is 11.5 Å². The molecular formula is C20H33IN4O3. The Morgan fingerprint density at radius 2 is 1.82 bits per heavy atom. The predicted octanol–water partition coefficient (Wildman–Crippen LogP) is 2.70. The van der Waals surface area contributed by atoms with Crippen molar-refractivity contribution >= 4 is 35.8 Å². The van der Waals surface area contributed by atoms with Crippen LogP contribution in [0.1, 0.15) is 39.0 Å². The molecule has 28 heavy (non-hydrogen) atoms. The highest BCUT2D eigenvalue weighted by Crippen LogP contribution is 2.17. The second kappa shape index (κ2) is 14.3. The van der Waals surface area contributed by atoms with Crippen molar-refractivity contribution in [3.63, 3.8) is 0 Å². The van der Waals surface area contributed by atoms with Gasteiger partial charge in [0.1, 0.15) is 18.1 Å². The van der Waals surface area contributed by atoms with E-state index in [0.29, 0.717) is 38.1 Å². The van der Waals surface area contributed by atoms with E-state index < -0.39 is 0 Å². The SMILES string of the molecule is CCNC(=NCCC(=O)NC1CCCC1)NCCOc1ccc(OC)cc1.I. The molecular weight excluding hydrogens is 471 g/mol. The zero-order valence-electron chi connectivity index (χ0n) is 16.8. The van der Waals surface area contributed by atoms with Gasteiger partial charge in [-0.25, -0.2) is 0 Å². The van der Waals surface area contributed by atoms with Crippen molar-refractivity contribution in [2.75, 3.05) is 33.4 Å². The molecule has 1 saturated carbocycles. The normalized spacial score (nSPS) is 14.1. The van der Waals surface area contributed by atoms with Crippen molar-refractivity contribution < 1.29 is 14.3 Å². The minimum absolute atomic E-state index is 0. The van der Waals surface area contributed by atoms with Gasteiger partial charge in [-0.1, -0.05) is 12.8 Å². The molecule has 1 amide bonds. The monoisotopic (exact) mass is 504 g/mol. The summed E-state index contributed by atoms with van der Waals surface area (Å²) >= 11 is 0. The largest absolute Gasteiger partial charge is 0.497 e. The zero-order chi connectivity index (χ0) is 19.3. The molecule has 0 atom stereocenters. The molecule has 1 fully saturated rings. The van der Waals surface area contributed by atoms with Gasteiger partial charge in [0, 0.05) is 19.0 Å². The topological polar surface area (TPSA) is 84.0 Å². The van der Waals surface area contributed by atoms with Crippen LogP contribution in [-0.2, 0) is 4.79 Å². The molecule has 0 aliphatic heterocycles. The first-order valence-electron chi connectivity index (χ1n) is 9.79. The molecule has 7 nitrogen and oxygen atoms in total. The molecule has 0 radical (unpaired) electrons. The summed E-state index contributed by atoms with van der Waals surface area (Å²) in [5, 5.41) is 9.48. The molecule has 0 spiro atoms. The number of hydrogen-bond donors (Lipinski definition) is 3. The number of nitrogens with zero attached hydrogens (tertiary/aromatic N) is 1. The molecule has 8 heteroatoms. The van der Waals surface area contributed by atoms with Gasteiger partial charge in [-0.05, 0) is 44.0 Å². The van der Waals surface area contributed by atoms with Crippen LogP contribution in [0.3, 0.4) is 0 Å². The Balaban J connectivity index is 0.00000392. The van der Waals surface area contributed by atoms with Crippen LogP contribution in [0.2, 0.25) is 0 Å². The van der Waals surface area contributed by atoms with E-state index in [1.54, 1.807) is 7.11 Å². The molecule has 3 N–H and O–H groups in total. The maximum atomic E-state index is 12.0. The molecule has 0 heterocycles. The summed E-state index contributed by atoms with van der Waals surface area (Å²) in [6, 6.07) is 7.85. The number of carbonyl (C=O) groups is 1. The van der Waals surface area contributed by atoms with Gasteiger partial charge in [0.05, 0.1) is 20.2 Å². The van der Waals surface area contributed by atoms with Gasteiger partial charge in [0.2, 0.25) is 5.91 Å². The number of aliphatic imine (C=N–C) groups is 1. The van der Waals surface area contributed by atoms with Crippen LogP contribution in [0.15, 0.2) is 29.3 Å². The average molecular weight is 504 g/mol. The van der Waals surface area contributed by atoms with Crippen molar-refractivity contribution in [1.82, 2.24) is 16.0 Å². The second-order valence-electron chi connectivity index (χ2n) is 6.51. The fourth-order valence-electron chi connectivity index (χ4n) is 2.99. The number of guanidine groups is 1. The van der Waals surface area contributed by atoms with E-state index in [1.807, 2.05) is 31.2 Å². The first-order chi connectivity index (χ1) is 13.2. The molecule has 0 unspecified atom stereocenters. The third-order valence-corrected chi connectivity index (χ3v) is 4.40. The van der Waals surface area contributed by atoms with Gasteiger partial charge in [0.25, 0.3) is 0 Å². The number of rotatable bonds is 10. The van der Waals surface area contributed by atoms with E-state index in [2.05, 4.69) is 20.9 Å². The molecule has 158 valence electrons. The lowest BCUT2D eigenvalue weighted by molar-refractivity contribution is -0.121. The van der Waals surface area contributed by atoms with E-state index in [4.69, 9.17) is 9.47 Å². The fraction of sp³-hybridized carbons (Fsp3) is 0.600. The number of ether oxygens (including phenoxy) is 2. The van der Waals surface area contributed by atoms with Crippen LogP contribution in [0, 0.1) is 0 Å². The number of carbonyl (C=O) groups excluding carboxylic acids is 1. The van der Waals surface area contributed by atoms with Gasteiger partial charge in [-0.15, -0.1) is 24.0 Å². The number of halogens is 1. The number of nitrogens with one attached hydrogen (secondary N) is 3. The first kappa shape index (κ1) is 24.3. The molecule has 1 aliphatic carbocycles. The molecule has 0 bridgehead atoms. The van der Waals surface area contributed by atoms with Gasteiger partial charge in [-0.2, -0.15) is 0 Å². The minimum atomic E-state index is 0. The average Bonchev–Trinajstić information content (AvgIpc) is 3.18. The molecule has 0 saturated heterocycles. The zero-order valence-corrected chi connectivity index (χ0v) is 19.2. The Hall–Kier alpha value is -1.71. The minimum Gasteiger partial charge on any atom is -0.497 e. The van der Waals surface area contributed by atoms with Crippen LogP contribution >= 0.6 is 24.0 Å². The van der Waals surface area contributed by atoms with Crippen molar-refractivity contribution in [1.29, 1.82) is 0 Å². The van der Waals surface area contributed by atoms with Crippen molar-refractivity contribution in [2.45, 2.75) is 45.1 Å². The van der Waals surface area contributed by atoms with Crippen LogP contribution in [-0.4, -0.2) is 51.3 Å². The number of amides is 1. The molecule has 0 aromatic heterocycles. The van der Waals surface area contributed by atoms with Gasteiger partial charge in [-0.3, -0.25) is 9.79 Å². The molecule has 1 aromatic carbocycles. The van der Waals surface area contributed by atoms with E-state index >= 15 is 0 Å². The van der Waals surface area contributed by atoms with E-state index in [1.165, 1.54) is 12.8 Å². The quantitative estimate of drug-likeness (QED) is 0.198. The standard InChI is InChI=1S/C20H32N4O3.HI/c1-3-21-20(22-13-12-19(25)24-16-6-4-5-7-16)23-14-15-27-18-10-8-17(26-2)9-11-18;/h8-11,16H,3-7,12-15H2,1-2H3,(H,24,25)(H2,21,22,23);1H. The van der Waals surface area contributed by atoms with Gasteiger partial charge < -0.3 is 25.4 Å². The van der Waals surface area contributed by atoms with Crippen LogP contribution in [0.25, 0.3) is 0 Å². The van der Waals surface area contributed by atoms with Crippen molar-refractivity contribution in [2.24, 2.45) is 4.99 Å². The highest BCUT2D eigenvalue weighted by Gasteiger charge is 2.16. The van der Waals surface area contributed by atoms with Crippen LogP contribution < -0.4 is 25.4 Å². The maximum absolute atomic E-state index is 12.0. The summed E-state index contributed by atoms with van der Waals surface area (Å²) < 4.78 is 10.8. The predicted molar refractivity (Wildman–Crippen MR) is 123 cm³/mol. The lowest BCUT2D eigenvalue weighted by atomic mass is 10.2. The smallest absolute Gasteiger partial charge is 0.222 e. The Morgan fingerprint density at radius 3 is 2.46 bits per heavy atom. The van der Waals surface area contributed by atoms with E-state index in [-0.39, 0.29) is 29.9 Å². The van der Waals surface area contributed by atoms with Gasteiger partial charge >= 0.3 is 0 Å². The Morgan fingerprint density at radius 1 is 1.14 bits per heavy atom. The van der Waals surface area contributed by atoms with E-state index in [9.17, 15) is 4.79 Å². The fourth-order valence-corrected chi connectivity index (χ4v) is 2.99. The Kier molecular flexibility index (Phi) is 12.4. The highest BCUT2D eigenvalue weighted by molar-refractivity contribution is 14.0. The third-order valence-electron chi connectivity index (χ3n) is 4.40. The number of methoxy groups -OCH3 is 1. The molecule has 1 aliphatic rings. The lowest BCUT2D eigenvalue weighted by Crippen LogP contribution is -2.39. The summed E-state index contributed by atoms with van der Waals surface area (Å²) in [6.45, 7) is 4.37. The van der Waals surface area contributed by atoms with Crippen molar-refractivity contribution in [3.05, 3.63) is 24.3 Å². The second-order valence-corrected chi connectivity index (χ2v) is 6.51. The van der Waals surface area contributed by atoms with Crippen molar-refractivity contribution in [3.8, 4) is 11.5 Å². The third kappa shape index (κ3) is 9.48. The highest BCUT2D eigenvalue weighted by atomic mass is 127. The van der Waals surface area contributed by atoms with Crippen LogP contribution in [0.4, 0.5) is 0 Å². The van der Waals surface area contributed by atoms with E-state index in [0.717, 1.165) is 30.9 Å². The molecule has 2 rings (SSSR count). The summed E-state index contributed by atoms with van der Waals surface area (Å²) in [4.78, 5) is 16.4. The Labute approximate surface area is 185 Å². The summed E-state index contributed by atoms with van der Waals surface area (Å²) in [6.07, 6.45) is 5.06. The first-order valence-corrected chi connectivity index (χ1v) is 9.79. The number of benzene rings is 1. The summed E-state index contributed by atoms with van der Waals surface area (Å²) in [5.41, 5.74) is 0. The Bertz CT molecular complexity index is 590. The summed E-state index contributed by atoms with van der Waals surface area (Å²) in [5.74, 6) is 2.39.